The summed E-state index contributed by atoms with van der Waals surface area (Å²) in [6.07, 6.45) is 0. The summed E-state index contributed by atoms with van der Waals surface area (Å²) in [4.78, 5) is 4.33. The SMILES string of the molecule is NNC(=Nc1ccccc1)c1ccc(OC(F)F)cc1. The number of benzene rings is 2. The number of hydrazine groups is 1. The minimum Gasteiger partial charge on any atom is -0.435 e. The molecule has 6 heteroatoms. The molecule has 0 spiro atoms. The van der Waals surface area contributed by atoms with E-state index in [9.17, 15) is 8.78 Å². The second-order valence-electron chi connectivity index (χ2n) is 3.84. The molecule has 0 heterocycles. The molecule has 3 N–H and O–H groups in total. The Labute approximate surface area is 114 Å². The fourth-order valence-electron chi connectivity index (χ4n) is 1.61. The van der Waals surface area contributed by atoms with Gasteiger partial charge in [-0.15, -0.1) is 0 Å². The Kier molecular flexibility index (Phi) is 4.62. The lowest BCUT2D eigenvalue weighted by atomic mass is 10.2. The van der Waals surface area contributed by atoms with Gasteiger partial charge in [0, 0.05) is 5.56 Å². The van der Waals surface area contributed by atoms with Crippen LogP contribution >= 0.6 is 0 Å². The van der Waals surface area contributed by atoms with Crippen LogP contribution in [0, 0.1) is 0 Å². The second kappa shape index (κ2) is 6.63. The molecular formula is C14H13F2N3O. The Morgan fingerprint density at radius 1 is 1.05 bits per heavy atom. The molecule has 0 saturated heterocycles. The average Bonchev–Trinajstić information content (AvgIpc) is 2.46. The molecule has 4 nitrogen and oxygen atoms in total. The molecule has 0 aromatic heterocycles. The van der Waals surface area contributed by atoms with E-state index in [1.165, 1.54) is 12.1 Å². The zero-order valence-corrected chi connectivity index (χ0v) is 10.5. The first-order valence-electron chi connectivity index (χ1n) is 5.84. The first-order chi connectivity index (χ1) is 9.69. The summed E-state index contributed by atoms with van der Waals surface area (Å²) in [6.45, 7) is -2.84. The summed E-state index contributed by atoms with van der Waals surface area (Å²) < 4.78 is 28.4. The van der Waals surface area contributed by atoms with E-state index in [1.54, 1.807) is 12.1 Å². The van der Waals surface area contributed by atoms with Crippen LogP contribution in [0.15, 0.2) is 59.6 Å². The van der Waals surface area contributed by atoms with Crippen molar-refractivity contribution in [2.75, 3.05) is 0 Å². The normalized spacial score (nSPS) is 11.5. The number of nitrogens with zero attached hydrogens (tertiary/aromatic N) is 1. The van der Waals surface area contributed by atoms with E-state index >= 15 is 0 Å². The highest BCUT2D eigenvalue weighted by Crippen LogP contribution is 2.17. The van der Waals surface area contributed by atoms with Crippen molar-refractivity contribution in [1.82, 2.24) is 5.43 Å². The van der Waals surface area contributed by atoms with Gasteiger partial charge in [-0.3, -0.25) is 0 Å². The average molecular weight is 277 g/mol. The quantitative estimate of drug-likeness (QED) is 0.391. The van der Waals surface area contributed by atoms with E-state index in [2.05, 4.69) is 15.2 Å². The maximum Gasteiger partial charge on any atom is 0.387 e. The van der Waals surface area contributed by atoms with Gasteiger partial charge in [0.25, 0.3) is 0 Å². The van der Waals surface area contributed by atoms with E-state index < -0.39 is 6.61 Å². The molecule has 0 saturated carbocycles. The second-order valence-corrected chi connectivity index (χ2v) is 3.84. The Bertz CT molecular complexity index is 571. The highest BCUT2D eigenvalue weighted by molar-refractivity contribution is 5.99. The molecule has 0 aliphatic heterocycles. The van der Waals surface area contributed by atoms with E-state index in [-0.39, 0.29) is 5.75 Å². The summed E-state index contributed by atoms with van der Waals surface area (Å²) in [5.74, 6) is 5.95. The topological polar surface area (TPSA) is 59.6 Å². The van der Waals surface area contributed by atoms with Gasteiger partial charge in [0.15, 0.2) is 0 Å². The summed E-state index contributed by atoms with van der Waals surface area (Å²) in [5.41, 5.74) is 3.88. The Morgan fingerprint density at radius 2 is 1.70 bits per heavy atom. The lowest BCUT2D eigenvalue weighted by Gasteiger charge is -2.08. The Hall–Kier alpha value is -2.47. The Morgan fingerprint density at radius 3 is 2.25 bits per heavy atom. The smallest absolute Gasteiger partial charge is 0.387 e. The van der Waals surface area contributed by atoms with Crippen LogP contribution in [0.4, 0.5) is 14.5 Å². The van der Waals surface area contributed by atoms with Gasteiger partial charge < -0.3 is 10.2 Å². The van der Waals surface area contributed by atoms with E-state index in [4.69, 9.17) is 5.84 Å². The number of nitrogens with one attached hydrogen (secondary N) is 1. The van der Waals surface area contributed by atoms with Crippen molar-refractivity contribution in [1.29, 1.82) is 0 Å². The first kappa shape index (κ1) is 14.0. The summed E-state index contributed by atoms with van der Waals surface area (Å²) in [5, 5.41) is 0. The molecule has 0 amide bonds. The highest BCUT2D eigenvalue weighted by atomic mass is 19.3. The molecule has 2 rings (SSSR count). The van der Waals surface area contributed by atoms with Crippen LogP contribution in [0.1, 0.15) is 5.56 Å². The number of rotatable bonds is 4. The van der Waals surface area contributed by atoms with Gasteiger partial charge in [0.05, 0.1) is 5.69 Å². The van der Waals surface area contributed by atoms with Crippen LogP contribution in [0.2, 0.25) is 0 Å². The first-order valence-corrected chi connectivity index (χ1v) is 5.84. The maximum atomic E-state index is 12.1. The van der Waals surface area contributed by atoms with Gasteiger partial charge in [-0.05, 0) is 36.4 Å². The molecule has 0 unspecified atom stereocenters. The van der Waals surface area contributed by atoms with Gasteiger partial charge in [-0.2, -0.15) is 8.78 Å². The molecule has 20 heavy (non-hydrogen) atoms. The monoisotopic (exact) mass is 277 g/mol. The zero-order valence-electron chi connectivity index (χ0n) is 10.5. The van der Waals surface area contributed by atoms with Crippen LogP contribution in [0.3, 0.4) is 0 Å². The molecule has 0 aliphatic carbocycles. The van der Waals surface area contributed by atoms with Crippen LogP contribution in [0.25, 0.3) is 0 Å². The van der Waals surface area contributed by atoms with Crippen LogP contribution in [0.5, 0.6) is 5.75 Å². The number of aliphatic imine (C=N–C) groups is 1. The van der Waals surface area contributed by atoms with Crippen molar-refractivity contribution in [3.8, 4) is 5.75 Å². The molecule has 0 aliphatic rings. The minimum atomic E-state index is -2.84. The highest BCUT2D eigenvalue weighted by Gasteiger charge is 2.06. The molecule has 2 aromatic rings. The molecule has 0 radical (unpaired) electrons. The fraction of sp³-hybridized carbons (Fsp3) is 0.0714. The van der Waals surface area contributed by atoms with Crippen molar-refractivity contribution in [2.24, 2.45) is 10.8 Å². The Balaban J connectivity index is 2.22. The summed E-state index contributed by atoms with van der Waals surface area (Å²) in [6, 6.07) is 15.3. The van der Waals surface area contributed by atoms with E-state index in [0.29, 0.717) is 11.4 Å². The lowest BCUT2D eigenvalue weighted by Crippen LogP contribution is -2.30. The van der Waals surface area contributed by atoms with Gasteiger partial charge in [-0.25, -0.2) is 10.8 Å². The molecule has 0 fully saturated rings. The lowest BCUT2D eigenvalue weighted by molar-refractivity contribution is -0.0498. The van der Waals surface area contributed by atoms with Crippen LogP contribution < -0.4 is 16.0 Å². The summed E-state index contributed by atoms with van der Waals surface area (Å²) in [7, 11) is 0. The zero-order chi connectivity index (χ0) is 14.4. The predicted molar refractivity (Wildman–Crippen MR) is 73.0 cm³/mol. The van der Waals surface area contributed by atoms with E-state index in [0.717, 1.165) is 5.69 Å². The number of nitrogens with two attached hydrogens (primary N) is 1. The molecule has 2 aromatic carbocycles. The molecule has 0 bridgehead atoms. The van der Waals surface area contributed by atoms with Crippen molar-refractivity contribution in [3.05, 3.63) is 60.2 Å². The maximum absolute atomic E-state index is 12.1. The van der Waals surface area contributed by atoms with Gasteiger partial charge in [0.2, 0.25) is 0 Å². The predicted octanol–water partition coefficient (Wildman–Crippen LogP) is 2.83. The minimum absolute atomic E-state index is 0.0832. The third-order valence-electron chi connectivity index (χ3n) is 2.49. The number of hydrogen-bond acceptors (Lipinski definition) is 3. The van der Waals surface area contributed by atoms with Crippen molar-refractivity contribution in [3.63, 3.8) is 0 Å². The van der Waals surface area contributed by atoms with Crippen LogP contribution in [-0.2, 0) is 0 Å². The molecule has 0 atom stereocenters. The summed E-state index contributed by atoms with van der Waals surface area (Å²) >= 11 is 0. The number of alkyl halides is 2. The van der Waals surface area contributed by atoms with Gasteiger partial charge >= 0.3 is 6.61 Å². The molecule has 104 valence electrons. The van der Waals surface area contributed by atoms with Gasteiger partial charge in [0.1, 0.15) is 11.6 Å². The van der Waals surface area contributed by atoms with Crippen molar-refractivity contribution < 1.29 is 13.5 Å². The molecular weight excluding hydrogens is 264 g/mol. The number of hydrogen-bond donors (Lipinski definition) is 2. The van der Waals surface area contributed by atoms with Crippen molar-refractivity contribution >= 4 is 11.5 Å². The number of amidine groups is 1. The fourth-order valence-corrected chi connectivity index (χ4v) is 1.61. The van der Waals surface area contributed by atoms with E-state index in [1.807, 2.05) is 30.3 Å². The van der Waals surface area contributed by atoms with Gasteiger partial charge in [-0.1, -0.05) is 18.2 Å². The number of ether oxygens (including phenoxy) is 1. The largest absolute Gasteiger partial charge is 0.435 e. The third-order valence-corrected chi connectivity index (χ3v) is 2.49. The van der Waals surface area contributed by atoms with Crippen LogP contribution in [-0.4, -0.2) is 12.4 Å². The van der Waals surface area contributed by atoms with Crippen molar-refractivity contribution in [2.45, 2.75) is 6.61 Å². The number of para-hydroxylation sites is 1. The standard InChI is InChI=1S/C14H13F2N3O/c15-14(16)20-12-8-6-10(7-9-12)13(19-17)18-11-4-2-1-3-5-11/h1-9,14H,17H2,(H,18,19). The third kappa shape index (κ3) is 3.76. The number of halogens is 2.